The molecule has 2 aliphatic rings. The van der Waals surface area contributed by atoms with Gasteiger partial charge in [-0.1, -0.05) is 35.9 Å². The first-order chi connectivity index (χ1) is 15.5. The van der Waals surface area contributed by atoms with Crippen LogP contribution in [0.15, 0.2) is 48.5 Å². The summed E-state index contributed by atoms with van der Waals surface area (Å²) >= 11 is 0. The maximum Gasteiger partial charge on any atom is 0.253 e. The Kier molecular flexibility index (Phi) is 6.80. The van der Waals surface area contributed by atoms with Gasteiger partial charge < -0.3 is 19.7 Å². The summed E-state index contributed by atoms with van der Waals surface area (Å²) in [4.78, 5) is 27.4. The Balaban J connectivity index is 1.45. The van der Waals surface area contributed by atoms with E-state index in [1.54, 1.807) is 7.11 Å². The molecule has 2 aromatic rings. The van der Waals surface area contributed by atoms with Crippen LogP contribution in [0.25, 0.3) is 0 Å². The molecule has 1 spiro atoms. The number of rotatable bonds is 6. The Morgan fingerprint density at radius 2 is 1.94 bits per heavy atom. The largest absolute Gasteiger partial charge is 0.487 e. The lowest BCUT2D eigenvalue weighted by atomic mass is 9.76. The van der Waals surface area contributed by atoms with Crippen LogP contribution in [0.5, 0.6) is 5.75 Å². The third-order valence-corrected chi connectivity index (χ3v) is 6.59. The third-order valence-electron chi connectivity index (χ3n) is 6.59. The first kappa shape index (κ1) is 22.3. The van der Waals surface area contributed by atoms with Gasteiger partial charge in [0.1, 0.15) is 11.4 Å². The van der Waals surface area contributed by atoms with Crippen LogP contribution in [-0.2, 0) is 9.53 Å². The number of piperidine rings is 1. The second-order valence-corrected chi connectivity index (χ2v) is 8.93. The number of amides is 2. The van der Waals surface area contributed by atoms with Gasteiger partial charge >= 0.3 is 0 Å². The van der Waals surface area contributed by atoms with E-state index in [1.807, 2.05) is 54.3 Å². The summed E-state index contributed by atoms with van der Waals surface area (Å²) in [6, 6.07) is 15.8. The van der Waals surface area contributed by atoms with Crippen molar-refractivity contribution in [2.24, 2.45) is 0 Å². The van der Waals surface area contributed by atoms with Crippen LogP contribution in [0.2, 0.25) is 0 Å². The highest BCUT2D eigenvalue weighted by atomic mass is 16.5. The zero-order valence-corrected chi connectivity index (χ0v) is 18.9. The van der Waals surface area contributed by atoms with Gasteiger partial charge in [-0.15, -0.1) is 0 Å². The minimum Gasteiger partial charge on any atom is -0.487 e. The SMILES string of the molecule is COCCNC(=O)CC1CC2(CCN(C(=O)c3cccc(C)c3)CC2)Oc2ccccc21. The molecule has 0 radical (unpaired) electrons. The normalized spacial score (nSPS) is 19.2. The topological polar surface area (TPSA) is 67.9 Å². The number of benzene rings is 2. The van der Waals surface area contributed by atoms with Crippen molar-refractivity contribution in [2.45, 2.75) is 44.1 Å². The number of para-hydroxylation sites is 1. The Morgan fingerprint density at radius 1 is 1.16 bits per heavy atom. The van der Waals surface area contributed by atoms with Gasteiger partial charge in [0.05, 0.1) is 6.61 Å². The van der Waals surface area contributed by atoms with Crippen molar-refractivity contribution in [3.05, 3.63) is 65.2 Å². The molecule has 1 atom stereocenters. The van der Waals surface area contributed by atoms with E-state index in [0.717, 1.165) is 41.7 Å². The smallest absolute Gasteiger partial charge is 0.253 e. The maximum atomic E-state index is 13.0. The van der Waals surface area contributed by atoms with Crippen molar-refractivity contribution < 1.29 is 19.1 Å². The number of carbonyl (C=O) groups is 2. The zero-order valence-electron chi connectivity index (χ0n) is 18.9. The van der Waals surface area contributed by atoms with Crippen molar-refractivity contribution >= 4 is 11.8 Å². The molecule has 2 aliphatic heterocycles. The Bertz CT molecular complexity index is 966. The van der Waals surface area contributed by atoms with Gasteiger partial charge in [-0.05, 0) is 37.1 Å². The van der Waals surface area contributed by atoms with E-state index in [9.17, 15) is 9.59 Å². The van der Waals surface area contributed by atoms with Gasteiger partial charge in [0, 0.05) is 57.5 Å². The minimum absolute atomic E-state index is 0.0333. The number of methoxy groups -OCH3 is 1. The van der Waals surface area contributed by atoms with E-state index in [1.165, 1.54) is 0 Å². The van der Waals surface area contributed by atoms with Crippen molar-refractivity contribution in [1.29, 1.82) is 0 Å². The quantitative estimate of drug-likeness (QED) is 0.702. The molecule has 32 heavy (non-hydrogen) atoms. The number of hydrogen-bond donors (Lipinski definition) is 1. The van der Waals surface area contributed by atoms with E-state index in [-0.39, 0.29) is 23.3 Å². The number of ether oxygens (including phenoxy) is 2. The summed E-state index contributed by atoms with van der Waals surface area (Å²) in [6.45, 7) is 4.33. The Labute approximate surface area is 189 Å². The summed E-state index contributed by atoms with van der Waals surface area (Å²) in [5.74, 6) is 1.08. The molecule has 170 valence electrons. The maximum absolute atomic E-state index is 13.0. The molecule has 0 aliphatic carbocycles. The summed E-state index contributed by atoms with van der Waals surface area (Å²) < 4.78 is 11.6. The fourth-order valence-corrected chi connectivity index (χ4v) is 4.90. The molecule has 2 heterocycles. The highest BCUT2D eigenvalue weighted by Gasteiger charge is 2.44. The molecular formula is C26H32N2O4. The van der Waals surface area contributed by atoms with Crippen LogP contribution >= 0.6 is 0 Å². The van der Waals surface area contributed by atoms with Crippen LogP contribution in [0.4, 0.5) is 0 Å². The molecule has 2 aromatic carbocycles. The molecular weight excluding hydrogens is 404 g/mol. The van der Waals surface area contributed by atoms with Crippen molar-refractivity contribution in [2.75, 3.05) is 33.4 Å². The van der Waals surface area contributed by atoms with E-state index >= 15 is 0 Å². The Morgan fingerprint density at radius 3 is 2.69 bits per heavy atom. The number of aryl methyl sites for hydroxylation is 1. The second kappa shape index (κ2) is 9.74. The van der Waals surface area contributed by atoms with Gasteiger partial charge in [0.2, 0.25) is 5.91 Å². The number of fused-ring (bicyclic) bond motifs is 1. The van der Waals surface area contributed by atoms with Gasteiger partial charge in [-0.25, -0.2) is 0 Å². The second-order valence-electron chi connectivity index (χ2n) is 8.93. The zero-order chi connectivity index (χ0) is 22.6. The molecule has 0 saturated carbocycles. The molecule has 1 unspecified atom stereocenters. The lowest BCUT2D eigenvalue weighted by Crippen LogP contribution is -2.52. The molecule has 0 aromatic heterocycles. The van der Waals surface area contributed by atoms with E-state index in [0.29, 0.717) is 32.7 Å². The predicted molar refractivity (Wildman–Crippen MR) is 123 cm³/mol. The van der Waals surface area contributed by atoms with Crippen LogP contribution in [0, 0.1) is 6.92 Å². The molecule has 6 heteroatoms. The summed E-state index contributed by atoms with van der Waals surface area (Å²) in [5, 5.41) is 2.94. The number of hydrogen-bond acceptors (Lipinski definition) is 4. The summed E-state index contributed by atoms with van der Waals surface area (Å²) in [6.07, 6.45) is 2.74. The lowest BCUT2D eigenvalue weighted by molar-refractivity contribution is -0.122. The summed E-state index contributed by atoms with van der Waals surface area (Å²) in [7, 11) is 1.63. The first-order valence-electron chi connectivity index (χ1n) is 11.4. The number of carbonyl (C=O) groups excluding carboxylic acids is 2. The number of nitrogens with one attached hydrogen (secondary N) is 1. The highest BCUT2D eigenvalue weighted by Crippen LogP contribution is 2.46. The fourth-order valence-electron chi connectivity index (χ4n) is 4.90. The third kappa shape index (κ3) is 4.96. The Hall–Kier alpha value is -2.86. The minimum atomic E-state index is -0.338. The number of nitrogens with zero attached hydrogens (tertiary/aromatic N) is 1. The number of likely N-dealkylation sites (tertiary alicyclic amines) is 1. The average Bonchev–Trinajstić information content (AvgIpc) is 2.79. The fraction of sp³-hybridized carbons (Fsp3) is 0.462. The predicted octanol–water partition coefficient (Wildman–Crippen LogP) is 3.69. The van der Waals surface area contributed by atoms with Gasteiger partial charge in [-0.2, -0.15) is 0 Å². The first-order valence-corrected chi connectivity index (χ1v) is 11.4. The molecule has 4 rings (SSSR count). The van der Waals surface area contributed by atoms with Crippen LogP contribution in [-0.4, -0.2) is 55.7 Å². The van der Waals surface area contributed by atoms with E-state index in [2.05, 4.69) is 11.4 Å². The van der Waals surface area contributed by atoms with Gasteiger partial charge in [-0.3, -0.25) is 9.59 Å². The van der Waals surface area contributed by atoms with Gasteiger partial charge in [0.15, 0.2) is 0 Å². The monoisotopic (exact) mass is 436 g/mol. The van der Waals surface area contributed by atoms with Crippen molar-refractivity contribution in [3.8, 4) is 5.75 Å². The molecule has 2 amide bonds. The van der Waals surface area contributed by atoms with Gasteiger partial charge in [0.25, 0.3) is 5.91 Å². The molecule has 6 nitrogen and oxygen atoms in total. The van der Waals surface area contributed by atoms with Crippen LogP contribution < -0.4 is 10.1 Å². The van der Waals surface area contributed by atoms with Crippen molar-refractivity contribution in [3.63, 3.8) is 0 Å². The molecule has 1 saturated heterocycles. The van der Waals surface area contributed by atoms with Crippen LogP contribution in [0.1, 0.15) is 53.1 Å². The highest BCUT2D eigenvalue weighted by molar-refractivity contribution is 5.94. The van der Waals surface area contributed by atoms with Crippen LogP contribution in [0.3, 0.4) is 0 Å². The van der Waals surface area contributed by atoms with E-state index in [4.69, 9.17) is 9.47 Å². The average molecular weight is 437 g/mol. The standard InChI is InChI=1S/C26H32N2O4/c1-19-6-5-7-20(16-19)25(30)28-13-10-26(11-14-28)18-21(17-24(29)27-12-15-31-2)22-8-3-4-9-23(22)32-26/h3-9,16,21H,10-15,17-18H2,1-2H3,(H,27,29). The molecule has 0 bridgehead atoms. The van der Waals surface area contributed by atoms with Crippen molar-refractivity contribution in [1.82, 2.24) is 10.2 Å². The molecule has 1 fully saturated rings. The molecule has 1 N–H and O–H groups in total. The summed E-state index contributed by atoms with van der Waals surface area (Å²) in [5.41, 5.74) is 2.58. The van der Waals surface area contributed by atoms with E-state index < -0.39 is 0 Å². The lowest BCUT2D eigenvalue weighted by Gasteiger charge is -2.47.